The van der Waals surface area contributed by atoms with Crippen molar-refractivity contribution in [2.24, 2.45) is 11.6 Å². The largest absolute Gasteiger partial charge is 0.395 e. The minimum absolute atomic E-state index is 0. The molecule has 0 bridgehead atoms. The summed E-state index contributed by atoms with van der Waals surface area (Å²) < 4.78 is 54.5. The first-order valence-electron chi connectivity index (χ1n) is 10.4. The van der Waals surface area contributed by atoms with Gasteiger partial charge in [-0.15, -0.1) is 0 Å². The SMILES string of the molecule is C[C@H]1CN(C2=CC(S(=O)(=O)NC3(C)CC3)=C/C(=C(/N)C(=N)SC(=N)C(F)F)N2N)C[C@H](C)N1.[HH].[HH]. The molecule has 3 rings (SSSR count). The molecule has 14 heteroatoms. The van der Waals surface area contributed by atoms with E-state index in [1.165, 1.54) is 17.2 Å². The van der Waals surface area contributed by atoms with Gasteiger partial charge >= 0.3 is 0 Å². The van der Waals surface area contributed by atoms with Crippen LogP contribution in [0.15, 0.2) is 34.3 Å². The van der Waals surface area contributed by atoms with Crippen molar-refractivity contribution < 1.29 is 20.1 Å². The number of allylic oxidation sites excluding steroid dienone is 2. The molecule has 1 saturated carbocycles. The first kappa shape index (κ1) is 25.6. The highest BCUT2D eigenvalue weighted by molar-refractivity contribution is 8.26. The van der Waals surface area contributed by atoms with E-state index in [4.69, 9.17) is 22.4 Å². The van der Waals surface area contributed by atoms with Gasteiger partial charge in [-0.2, -0.15) is 0 Å². The van der Waals surface area contributed by atoms with Crippen LogP contribution in [0.4, 0.5) is 8.78 Å². The Balaban J connectivity index is 0.00000306. The second kappa shape index (κ2) is 9.33. The molecule has 0 aromatic carbocycles. The van der Waals surface area contributed by atoms with Crippen molar-refractivity contribution in [1.29, 1.82) is 10.8 Å². The summed E-state index contributed by atoms with van der Waals surface area (Å²) >= 11 is 0.192. The van der Waals surface area contributed by atoms with Gasteiger partial charge in [0, 0.05) is 39.6 Å². The molecule has 2 atom stereocenters. The molecule has 8 N–H and O–H groups in total. The first-order chi connectivity index (χ1) is 15.2. The number of hydrazine groups is 1. The van der Waals surface area contributed by atoms with Crippen LogP contribution in [-0.2, 0) is 10.0 Å². The van der Waals surface area contributed by atoms with Crippen molar-refractivity contribution in [3.8, 4) is 0 Å². The van der Waals surface area contributed by atoms with Crippen LogP contribution in [-0.4, -0.2) is 65.6 Å². The minimum Gasteiger partial charge on any atom is -0.395 e. The van der Waals surface area contributed by atoms with Crippen molar-refractivity contribution in [2.45, 2.75) is 57.7 Å². The van der Waals surface area contributed by atoms with Gasteiger partial charge in [0.1, 0.15) is 15.9 Å². The summed E-state index contributed by atoms with van der Waals surface area (Å²) in [5.74, 6) is 6.68. The fourth-order valence-electron chi connectivity index (χ4n) is 3.69. The monoisotopic (exact) mass is 508 g/mol. The molecule has 2 aliphatic heterocycles. The Labute approximate surface area is 199 Å². The zero-order valence-electron chi connectivity index (χ0n) is 18.7. The normalized spacial score (nSPS) is 26.6. The smallest absolute Gasteiger partial charge is 0.285 e. The Morgan fingerprint density at radius 3 is 2.39 bits per heavy atom. The standard InChI is InChI=1S/C19H30F2N8O2S2.2H2/c1-10-8-28(9-11(2)26-10)14-7-12(33(30,31)27-19(3)4-5-19)6-13(29(14)25)15(22)17(23)32-18(24)16(20)21;;/h6-7,10-11,16,23-24,26-27H,4-5,8-9,22,25H2,1-3H3;2*1H/b15-13-,23-17?,24-18?;;/t10-,11-;;/m0../s1. The van der Waals surface area contributed by atoms with Crippen LogP contribution in [0.5, 0.6) is 0 Å². The molecule has 0 spiro atoms. The molecule has 33 heavy (non-hydrogen) atoms. The lowest BCUT2D eigenvalue weighted by Crippen LogP contribution is -2.56. The van der Waals surface area contributed by atoms with E-state index >= 15 is 0 Å². The number of hydrogen-bond donors (Lipinski definition) is 6. The fraction of sp³-hybridized carbons (Fsp3) is 0.579. The molecule has 188 valence electrons. The average molecular weight is 509 g/mol. The van der Waals surface area contributed by atoms with Crippen LogP contribution < -0.4 is 21.6 Å². The molecule has 0 amide bonds. The molecule has 1 saturated heterocycles. The first-order valence-corrected chi connectivity index (χ1v) is 12.7. The second-order valence-corrected chi connectivity index (χ2v) is 11.6. The highest BCUT2D eigenvalue weighted by atomic mass is 32.2. The Bertz CT molecular complexity index is 1040. The summed E-state index contributed by atoms with van der Waals surface area (Å²) in [6.07, 6.45) is 1.06. The maximum Gasteiger partial charge on any atom is 0.285 e. The Kier molecular flexibility index (Phi) is 7.24. The van der Waals surface area contributed by atoms with E-state index in [2.05, 4.69) is 10.0 Å². The number of nitrogens with zero attached hydrogens (tertiary/aromatic N) is 2. The predicted octanol–water partition coefficient (Wildman–Crippen LogP) is 1.67. The number of sulfonamides is 1. The summed E-state index contributed by atoms with van der Waals surface area (Å²) in [6, 6.07) is 0.199. The highest BCUT2D eigenvalue weighted by Gasteiger charge is 2.42. The summed E-state index contributed by atoms with van der Waals surface area (Å²) in [5, 5.41) is 18.4. The molecule has 3 aliphatic rings. The van der Waals surface area contributed by atoms with Gasteiger partial charge < -0.3 is 16.0 Å². The lowest BCUT2D eigenvalue weighted by Gasteiger charge is -2.42. The number of thioether (sulfide) groups is 1. The molecule has 1 aliphatic carbocycles. The Morgan fingerprint density at radius 1 is 1.30 bits per heavy atom. The second-order valence-electron chi connectivity index (χ2n) is 8.85. The molecule has 0 unspecified atom stereocenters. The van der Waals surface area contributed by atoms with Crippen LogP contribution in [0.25, 0.3) is 0 Å². The number of rotatable bonds is 6. The predicted molar refractivity (Wildman–Crippen MR) is 130 cm³/mol. The van der Waals surface area contributed by atoms with E-state index in [-0.39, 0.29) is 43.0 Å². The summed E-state index contributed by atoms with van der Waals surface area (Å²) in [6.45, 7) is 6.86. The van der Waals surface area contributed by atoms with Crippen molar-refractivity contribution in [1.82, 2.24) is 19.9 Å². The van der Waals surface area contributed by atoms with Crippen molar-refractivity contribution >= 4 is 31.9 Å². The highest BCUT2D eigenvalue weighted by Crippen LogP contribution is 2.37. The van der Waals surface area contributed by atoms with Crippen LogP contribution in [0.3, 0.4) is 0 Å². The van der Waals surface area contributed by atoms with Crippen molar-refractivity contribution in [3.63, 3.8) is 0 Å². The van der Waals surface area contributed by atoms with E-state index in [0.717, 1.165) is 0 Å². The van der Waals surface area contributed by atoms with Crippen LogP contribution in [0, 0.1) is 10.8 Å². The molecule has 2 fully saturated rings. The van der Waals surface area contributed by atoms with E-state index in [0.29, 0.717) is 31.8 Å². The molecule has 10 nitrogen and oxygen atoms in total. The third kappa shape index (κ3) is 5.93. The number of nitrogens with one attached hydrogen (secondary N) is 4. The van der Waals surface area contributed by atoms with Crippen LogP contribution >= 0.6 is 11.8 Å². The number of alkyl halides is 2. The van der Waals surface area contributed by atoms with Crippen molar-refractivity contribution in [3.05, 3.63) is 34.3 Å². The lowest BCUT2D eigenvalue weighted by molar-refractivity contribution is 0.167. The Hall–Kier alpha value is -2.00. The van der Waals surface area contributed by atoms with Gasteiger partial charge in [-0.1, -0.05) is 0 Å². The topological polar surface area (TPSA) is 164 Å². The molecule has 0 aromatic rings. The third-order valence-corrected chi connectivity index (χ3v) is 8.00. The van der Waals surface area contributed by atoms with E-state index in [1.54, 1.807) is 6.92 Å². The molecule has 0 aromatic heterocycles. The van der Waals surface area contributed by atoms with E-state index in [9.17, 15) is 17.2 Å². The average Bonchev–Trinajstić information content (AvgIpc) is 3.42. The third-order valence-electron chi connectivity index (χ3n) is 5.56. The maximum atomic E-state index is 13.1. The molecular formula is C19H34F2N8O2S2. The maximum absolute atomic E-state index is 13.1. The van der Waals surface area contributed by atoms with E-state index < -0.39 is 32.1 Å². The molecule has 0 radical (unpaired) electrons. The van der Waals surface area contributed by atoms with Crippen LogP contribution in [0.1, 0.15) is 36.5 Å². The van der Waals surface area contributed by atoms with Gasteiger partial charge in [0.15, 0.2) is 0 Å². The summed E-state index contributed by atoms with van der Waals surface area (Å²) in [5.41, 5.74) is 5.23. The fourth-order valence-corrected chi connectivity index (χ4v) is 5.71. The zero-order chi connectivity index (χ0) is 24.7. The summed E-state index contributed by atoms with van der Waals surface area (Å²) in [7, 11) is -3.95. The van der Waals surface area contributed by atoms with Gasteiger partial charge in [0.25, 0.3) is 6.43 Å². The van der Waals surface area contributed by atoms with Gasteiger partial charge in [-0.3, -0.25) is 15.8 Å². The summed E-state index contributed by atoms with van der Waals surface area (Å²) in [4.78, 5) is 1.82. The molecule has 2 heterocycles. The van der Waals surface area contributed by atoms with Gasteiger partial charge in [-0.05, 0) is 51.5 Å². The number of halogens is 2. The van der Waals surface area contributed by atoms with Crippen LogP contribution in [0.2, 0.25) is 0 Å². The van der Waals surface area contributed by atoms with Gasteiger partial charge in [0.05, 0.1) is 16.3 Å². The zero-order valence-corrected chi connectivity index (χ0v) is 20.3. The quantitative estimate of drug-likeness (QED) is 0.179. The number of nitrogens with two attached hydrogens (primary N) is 2. The van der Waals surface area contributed by atoms with Crippen molar-refractivity contribution in [2.75, 3.05) is 13.1 Å². The minimum atomic E-state index is -3.95. The van der Waals surface area contributed by atoms with E-state index in [1.807, 2.05) is 18.7 Å². The number of piperazine rings is 1. The lowest BCUT2D eigenvalue weighted by atomic mass is 10.1. The number of hydrogen-bond acceptors (Lipinski definition) is 10. The Morgan fingerprint density at radius 2 is 1.88 bits per heavy atom. The van der Waals surface area contributed by atoms with Gasteiger partial charge in [0.2, 0.25) is 10.0 Å². The molecular weight excluding hydrogens is 474 g/mol. The van der Waals surface area contributed by atoms with Gasteiger partial charge in [-0.25, -0.2) is 27.8 Å².